The molecular weight excluding hydrogens is 460 g/mol. The summed E-state index contributed by atoms with van der Waals surface area (Å²) in [5.41, 5.74) is 1.56. The van der Waals surface area contributed by atoms with Crippen LogP contribution in [-0.4, -0.2) is 71.8 Å². The quantitative estimate of drug-likeness (QED) is 0.371. The molecule has 5 atom stereocenters. The molecule has 8 heteroatoms. The molecule has 1 unspecified atom stereocenters. The van der Waals surface area contributed by atoms with Crippen LogP contribution in [0.5, 0.6) is 0 Å². The number of aryl methyl sites for hydroxylation is 2. The number of anilines is 1. The topological polar surface area (TPSA) is 96.4 Å². The van der Waals surface area contributed by atoms with Crippen molar-refractivity contribution in [2.45, 2.75) is 57.3 Å². The van der Waals surface area contributed by atoms with Crippen molar-refractivity contribution >= 4 is 23.5 Å². The number of hydrogen-bond donors (Lipinski definition) is 1. The van der Waals surface area contributed by atoms with E-state index in [1.54, 1.807) is 9.80 Å². The number of likely N-dealkylation sites (tertiary alicyclic amines) is 1. The number of carbonyl (C=O) groups excluding carboxylic acids is 3. The molecule has 8 nitrogen and oxygen atoms in total. The largest absolute Gasteiger partial charge is 0.465 e. The second-order valence-electron chi connectivity index (χ2n) is 10.2. The predicted octanol–water partition coefficient (Wildman–Crippen LogP) is 2.45. The van der Waals surface area contributed by atoms with E-state index in [1.807, 2.05) is 56.4 Å². The third kappa shape index (κ3) is 3.96. The number of unbranched alkanes of at least 4 members (excludes halogenated alkanes) is 2. The minimum absolute atomic E-state index is 0.0804. The van der Waals surface area contributed by atoms with Gasteiger partial charge in [-0.3, -0.25) is 14.4 Å². The standard InChI is InChI=1S/C28H34N2O6/c1-18-10-11-19(2)20(17-18)29-14-8-12-28-23(22-21(36-28)9-4-7-16-35-27(22)34)25(32)30(24(28)26(29)33)13-5-3-6-15-31/h4,8-12,17,21-24,31H,3,5-7,13-16H2,1-2H3/t21-,22+,23-,24?,28-/m0/s1. The van der Waals surface area contributed by atoms with Gasteiger partial charge in [0.05, 0.1) is 18.6 Å². The third-order valence-electron chi connectivity index (χ3n) is 7.83. The van der Waals surface area contributed by atoms with Crippen molar-refractivity contribution in [3.8, 4) is 0 Å². The lowest BCUT2D eigenvalue weighted by molar-refractivity contribution is -0.154. The Morgan fingerprint density at radius 3 is 2.72 bits per heavy atom. The molecule has 1 aromatic carbocycles. The fourth-order valence-corrected chi connectivity index (χ4v) is 6.14. The zero-order valence-electron chi connectivity index (χ0n) is 20.9. The van der Waals surface area contributed by atoms with Crippen molar-refractivity contribution in [2.75, 3.05) is 31.2 Å². The maximum Gasteiger partial charge on any atom is 0.312 e. The molecule has 4 aliphatic rings. The minimum Gasteiger partial charge on any atom is -0.465 e. The first-order chi connectivity index (χ1) is 17.4. The number of aliphatic hydroxyl groups is 1. The van der Waals surface area contributed by atoms with Gasteiger partial charge in [0.2, 0.25) is 5.91 Å². The molecule has 0 aliphatic carbocycles. The van der Waals surface area contributed by atoms with Gasteiger partial charge in [0.25, 0.3) is 5.91 Å². The van der Waals surface area contributed by atoms with Gasteiger partial charge in [-0.2, -0.15) is 0 Å². The highest BCUT2D eigenvalue weighted by Crippen LogP contribution is 2.53. The van der Waals surface area contributed by atoms with Gasteiger partial charge in [0.15, 0.2) is 0 Å². The molecule has 2 saturated heterocycles. The predicted molar refractivity (Wildman–Crippen MR) is 133 cm³/mol. The van der Waals surface area contributed by atoms with E-state index >= 15 is 0 Å². The number of carbonyl (C=O) groups is 3. The van der Waals surface area contributed by atoms with Crippen LogP contribution in [-0.2, 0) is 23.9 Å². The van der Waals surface area contributed by atoms with Gasteiger partial charge in [-0.1, -0.05) is 36.4 Å². The first-order valence-corrected chi connectivity index (χ1v) is 12.9. The summed E-state index contributed by atoms with van der Waals surface area (Å²) in [5, 5.41) is 9.20. The van der Waals surface area contributed by atoms with E-state index in [1.165, 1.54) is 0 Å². The number of aliphatic hydroxyl groups excluding tert-OH is 1. The van der Waals surface area contributed by atoms with Gasteiger partial charge < -0.3 is 24.4 Å². The summed E-state index contributed by atoms with van der Waals surface area (Å²) in [7, 11) is 0. The Bertz CT molecular complexity index is 1110. The first-order valence-electron chi connectivity index (χ1n) is 12.9. The highest BCUT2D eigenvalue weighted by Gasteiger charge is 2.71. The monoisotopic (exact) mass is 494 g/mol. The molecule has 1 aromatic rings. The lowest BCUT2D eigenvalue weighted by Crippen LogP contribution is -2.55. The molecular formula is C28H34N2O6. The van der Waals surface area contributed by atoms with Crippen LogP contribution in [0.4, 0.5) is 5.69 Å². The summed E-state index contributed by atoms with van der Waals surface area (Å²) in [6.07, 6.45) is 9.46. The lowest BCUT2D eigenvalue weighted by Gasteiger charge is -2.35. The molecule has 4 heterocycles. The van der Waals surface area contributed by atoms with Crippen molar-refractivity contribution in [1.82, 2.24) is 4.90 Å². The maximum absolute atomic E-state index is 14.3. The second kappa shape index (κ2) is 9.82. The Labute approximate surface area is 211 Å². The SMILES string of the molecule is Cc1ccc(C)c(N2CC=C[C@]34O[C@H]5C=CCCOC(=O)[C@H]5[C@H]3C(=O)N(CCCCCO)C4C2=O)c1. The van der Waals surface area contributed by atoms with Crippen LogP contribution in [0.2, 0.25) is 0 Å². The number of ether oxygens (including phenoxy) is 2. The second-order valence-corrected chi connectivity index (χ2v) is 10.2. The van der Waals surface area contributed by atoms with Crippen LogP contribution in [0.25, 0.3) is 0 Å². The summed E-state index contributed by atoms with van der Waals surface area (Å²) in [5.74, 6) is -2.54. The normalized spacial score (nSPS) is 31.5. The van der Waals surface area contributed by atoms with E-state index in [-0.39, 0.29) is 25.0 Å². The van der Waals surface area contributed by atoms with E-state index in [0.717, 1.165) is 23.2 Å². The summed E-state index contributed by atoms with van der Waals surface area (Å²) < 4.78 is 12.0. The number of nitrogens with zero attached hydrogens (tertiary/aromatic N) is 2. The fourth-order valence-electron chi connectivity index (χ4n) is 6.14. The fraction of sp³-hybridized carbons (Fsp3) is 0.536. The average molecular weight is 495 g/mol. The Morgan fingerprint density at radius 1 is 1.08 bits per heavy atom. The van der Waals surface area contributed by atoms with E-state index in [2.05, 4.69) is 0 Å². The van der Waals surface area contributed by atoms with E-state index in [4.69, 9.17) is 9.47 Å². The minimum atomic E-state index is -1.25. The highest BCUT2D eigenvalue weighted by molar-refractivity contribution is 6.05. The summed E-state index contributed by atoms with van der Waals surface area (Å²) >= 11 is 0. The Kier molecular flexibility index (Phi) is 6.74. The molecule has 0 radical (unpaired) electrons. The third-order valence-corrected chi connectivity index (χ3v) is 7.83. The number of hydrogen-bond acceptors (Lipinski definition) is 6. The number of esters is 1. The van der Waals surface area contributed by atoms with Crippen LogP contribution < -0.4 is 4.90 Å². The lowest BCUT2D eigenvalue weighted by atomic mass is 9.77. The molecule has 1 N–H and O–H groups in total. The molecule has 36 heavy (non-hydrogen) atoms. The zero-order chi connectivity index (χ0) is 25.4. The van der Waals surface area contributed by atoms with Gasteiger partial charge in [0.1, 0.15) is 17.6 Å². The van der Waals surface area contributed by atoms with Crippen LogP contribution in [0.3, 0.4) is 0 Å². The Hall–Kier alpha value is -2.97. The van der Waals surface area contributed by atoms with E-state index < -0.39 is 35.6 Å². The smallest absolute Gasteiger partial charge is 0.312 e. The molecule has 0 aromatic heterocycles. The van der Waals surface area contributed by atoms with Gasteiger partial charge in [0, 0.05) is 25.4 Å². The van der Waals surface area contributed by atoms with E-state index in [0.29, 0.717) is 32.4 Å². The number of rotatable bonds is 6. The van der Waals surface area contributed by atoms with Gasteiger partial charge >= 0.3 is 5.97 Å². The first kappa shape index (κ1) is 24.7. The molecule has 192 valence electrons. The number of amides is 2. The van der Waals surface area contributed by atoms with Crippen LogP contribution >= 0.6 is 0 Å². The van der Waals surface area contributed by atoms with Crippen molar-refractivity contribution in [3.63, 3.8) is 0 Å². The molecule has 0 bridgehead atoms. The van der Waals surface area contributed by atoms with Gasteiger partial charge in [-0.05, 0) is 56.7 Å². The molecule has 5 rings (SSSR count). The summed E-state index contributed by atoms with van der Waals surface area (Å²) in [4.78, 5) is 44.8. The van der Waals surface area contributed by atoms with Crippen LogP contribution in [0.15, 0.2) is 42.5 Å². The number of cyclic esters (lactones) is 1. The molecule has 1 spiro atoms. The van der Waals surface area contributed by atoms with E-state index in [9.17, 15) is 19.5 Å². The van der Waals surface area contributed by atoms with Gasteiger partial charge in [-0.15, -0.1) is 0 Å². The zero-order valence-corrected chi connectivity index (χ0v) is 20.9. The average Bonchev–Trinajstić information content (AvgIpc) is 3.22. The molecule has 2 fully saturated rings. The molecule has 0 saturated carbocycles. The van der Waals surface area contributed by atoms with Crippen molar-refractivity contribution in [1.29, 1.82) is 0 Å². The van der Waals surface area contributed by atoms with Crippen molar-refractivity contribution < 1.29 is 29.0 Å². The maximum atomic E-state index is 14.3. The number of fused-ring (bicyclic) bond motifs is 2. The summed E-state index contributed by atoms with van der Waals surface area (Å²) in [6.45, 7) is 5.00. The van der Waals surface area contributed by atoms with Crippen LogP contribution in [0.1, 0.15) is 36.8 Å². The molecule has 2 amide bonds. The highest BCUT2D eigenvalue weighted by atomic mass is 16.6. The number of benzene rings is 1. The Morgan fingerprint density at radius 2 is 1.92 bits per heavy atom. The van der Waals surface area contributed by atoms with Crippen molar-refractivity contribution in [3.05, 3.63) is 53.6 Å². The van der Waals surface area contributed by atoms with Crippen LogP contribution in [0, 0.1) is 25.7 Å². The Balaban J connectivity index is 1.58. The molecule has 4 aliphatic heterocycles. The van der Waals surface area contributed by atoms with Gasteiger partial charge in [-0.25, -0.2) is 0 Å². The summed E-state index contributed by atoms with van der Waals surface area (Å²) in [6, 6.07) is 5.10. The van der Waals surface area contributed by atoms with Crippen molar-refractivity contribution in [2.24, 2.45) is 11.8 Å².